The van der Waals surface area contributed by atoms with Crippen LogP contribution in [0.4, 0.5) is 14.5 Å². The first-order valence-corrected chi connectivity index (χ1v) is 12.2. The summed E-state index contributed by atoms with van der Waals surface area (Å²) in [6, 6.07) is 15.2. The first-order valence-electron chi connectivity index (χ1n) is 12.2. The molecule has 4 aromatic rings. The molecule has 0 fully saturated rings. The fraction of sp³-hybridized carbons (Fsp3) is 0.222. The number of pyridine rings is 2. The van der Waals surface area contributed by atoms with Gasteiger partial charge in [0.15, 0.2) is 5.69 Å². The SMILES string of the molecule is N#Cc1ccc(CNC(=O)c2cn(CC(F)CCn3ccc(NC(=O)Cc4ccccc4)c(F)c3=O)nn2)cn1. The summed E-state index contributed by atoms with van der Waals surface area (Å²) in [5.41, 5.74) is 0.428. The van der Waals surface area contributed by atoms with Crippen molar-refractivity contribution in [3.05, 3.63) is 106 Å². The van der Waals surface area contributed by atoms with Crippen molar-refractivity contribution in [2.24, 2.45) is 0 Å². The highest BCUT2D eigenvalue weighted by atomic mass is 19.1. The average Bonchev–Trinajstić information content (AvgIpc) is 3.43. The van der Waals surface area contributed by atoms with E-state index in [1.54, 1.807) is 30.3 Å². The summed E-state index contributed by atoms with van der Waals surface area (Å²) in [7, 11) is 0. The van der Waals surface area contributed by atoms with Crippen molar-refractivity contribution in [2.75, 3.05) is 5.32 Å². The first kappa shape index (κ1) is 27.8. The summed E-state index contributed by atoms with van der Waals surface area (Å²) in [5.74, 6) is -2.13. The minimum atomic E-state index is -1.47. The predicted octanol–water partition coefficient (Wildman–Crippen LogP) is 2.39. The van der Waals surface area contributed by atoms with Crippen LogP contribution in [0.5, 0.6) is 0 Å². The van der Waals surface area contributed by atoms with Crippen molar-refractivity contribution in [1.29, 1.82) is 5.26 Å². The summed E-state index contributed by atoms with van der Waals surface area (Å²) < 4.78 is 31.4. The zero-order valence-electron chi connectivity index (χ0n) is 21.1. The standard InChI is InChI=1S/C27H24F2N8O3/c28-20(16-37-17-23(34-35-37)26(39)32-15-19-6-7-21(13-30)31-14-19)8-10-36-11-9-22(25(29)27(36)40)33-24(38)12-18-4-2-1-3-5-18/h1-7,9,11,14,17,20H,8,10,12,15-16H2,(H,32,39)(H,33,38). The number of rotatable bonds is 11. The number of halogens is 2. The molecule has 3 aromatic heterocycles. The number of nitrogens with zero attached hydrogens (tertiary/aromatic N) is 6. The van der Waals surface area contributed by atoms with Gasteiger partial charge in [-0.05, 0) is 29.7 Å². The number of alkyl halides is 1. The number of benzene rings is 1. The van der Waals surface area contributed by atoms with E-state index in [4.69, 9.17) is 5.26 Å². The van der Waals surface area contributed by atoms with E-state index in [2.05, 4.69) is 25.9 Å². The number of anilines is 1. The molecule has 1 aromatic carbocycles. The molecule has 0 aliphatic carbocycles. The lowest BCUT2D eigenvalue weighted by Crippen LogP contribution is -2.27. The summed E-state index contributed by atoms with van der Waals surface area (Å²) >= 11 is 0. The Morgan fingerprint density at radius 1 is 1.10 bits per heavy atom. The van der Waals surface area contributed by atoms with Crippen LogP contribution < -0.4 is 16.2 Å². The van der Waals surface area contributed by atoms with Gasteiger partial charge in [-0.25, -0.2) is 14.1 Å². The molecule has 2 N–H and O–H groups in total. The van der Waals surface area contributed by atoms with Gasteiger partial charge in [0.05, 0.1) is 24.8 Å². The van der Waals surface area contributed by atoms with Crippen LogP contribution in [0.3, 0.4) is 0 Å². The van der Waals surface area contributed by atoms with Crippen LogP contribution in [0, 0.1) is 17.1 Å². The van der Waals surface area contributed by atoms with Crippen molar-refractivity contribution in [2.45, 2.75) is 38.6 Å². The van der Waals surface area contributed by atoms with Crippen molar-refractivity contribution < 1.29 is 18.4 Å². The molecular formula is C27H24F2N8O3. The first-order chi connectivity index (χ1) is 19.3. The van der Waals surface area contributed by atoms with E-state index in [9.17, 15) is 23.2 Å². The van der Waals surface area contributed by atoms with Gasteiger partial charge >= 0.3 is 0 Å². The Labute approximate surface area is 227 Å². The van der Waals surface area contributed by atoms with E-state index >= 15 is 0 Å². The molecular weight excluding hydrogens is 522 g/mol. The average molecular weight is 547 g/mol. The van der Waals surface area contributed by atoms with E-state index in [0.717, 1.165) is 14.8 Å². The number of aromatic nitrogens is 5. The largest absolute Gasteiger partial charge is 0.346 e. The van der Waals surface area contributed by atoms with Gasteiger partial charge in [0.1, 0.15) is 17.9 Å². The van der Waals surface area contributed by atoms with Crippen LogP contribution in [0.15, 0.2) is 71.9 Å². The van der Waals surface area contributed by atoms with Crippen molar-refractivity contribution in [3.63, 3.8) is 0 Å². The lowest BCUT2D eigenvalue weighted by atomic mass is 10.1. The van der Waals surface area contributed by atoms with Gasteiger partial charge < -0.3 is 15.2 Å². The molecule has 0 aliphatic heterocycles. The van der Waals surface area contributed by atoms with Crippen molar-refractivity contribution in [1.82, 2.24) is 29.9 Å². The predicted molar refractivity (Wildman–Crippen MR) is 139 cm³/mol. The minimum absolute atomic E-state index is 0.0167. The Hall–Kier alpha value is -5.25. The highest BCUT2D eigenvalue weighted by Crippen LogP contribution is 2.12. The Morgan fingerprint density at radius 3 is 2.62 bits per heavy atom. The van der Waals surface area contributed by atoms with Gasteiger partial charge in [-0.2, -0.15) is 9.65 Å². The topological polar surface area (TPSA) is 148 Å². The zero-order valence-corrected chi connectivity index (χ0v) is 21.1. The molecule has 0 spiro atoms. The monoisotopic (exact) mass is 546 g/mol. The maximum absolute atomic E-state index is 14.6. The summed E-state index contributed by atoms with van der Waals surface area (Å²) in [6.07, 6.45) is 2.47. The minimum Gasteiger partial charge on any atom is -0.346 e. The molecule has 11 nitrogen and oxygen atoms in total. The van der Waals surface area contributed by atoms with Crippen LogP contribution in [0.1, 0.15) is 33.7 Å². The highest BCUT2D eigenvalue weighted by Gasteiger charge is 2.16. The molecule has 13 heteroatoms. The number of hydrogen-bond acceptors (Lipinski definition) is 7. The maximum atomic E-state index is 14.6. The highest BCUT2D eigenvalue weighted by molar-refractivity contribution is 5.92. The number of nitrogens with one attached hydrogen (secondary N) is 2. The van der Waals surface area contributed by atoms with Crippen molar-refractivity contribution in [3.8, 4) is 6.07 Å². The lowest BCUT2D eigenvalue weighted by molar-refractivity contribution is -0.115. The third kappa shape index (κ3) is 7.41. The number of amides is 2. The van der Waals surface area contributed by atoms with Crippen LogP contribution in [0.2, 0.25) is 0 Å². The third-order valence-corrected chi connectivity index (χ3v) is 5.82. The number of nitriles is 1. The molecule has 0 aliphatic rings. The smallest absolute Gasteiger partial charge is 0.288 e. The summed E-state index contributed by atoms with van der Waals surface area (Å²) in [5, 5.41) is 21.3. The van der Waals surface area contributed by atoms with Crippen LogP contribution in [0.25, 0.3) is 0 Å². The molecule has 2 amide bonds. The van der Waals surface area contributed by atoms with Crippen molar-refractivity contribution >= 4 is 17.5 Å². The van der Waals surface area contributed by atoms with E-state index in [0.29, 0.717) is 5.56 Å². The van der Waals surface area contributed by atoms with Crippen LogP contribution in [-0.2, 0) is 30.8 Å². The molecule has 1 unspecified atom stereocenters. The van der Waals surface area contributed by atoms with Gasteiger partial charge in [0.25, 0.3) is 11.5 Å². The Morgan fingerprint density at radius 2 is 1.90 bits per heavy atom. The molecule has 0 saturated heterocycles. The van der Waals surface area contributed by atoms with Crippen LogP contribution in [-0.4, -0.2) is 42.5 Å². The van der Waals surface area contributed by atoms with Gasteiger partial charge in [-0.1, -0.05) is 41.6 Å². The Bertz CT molecular complexity index is 1580. The second-order valence-corrected chi connectivity index (χ2v) is 8.81. The Kier molecular flexibility index (Phi) is 9.03. The zero-order chi connectivity index (χ0) is 28.5. The molecule has 1 atom stereocenters. The lowest BCUT2D eigenvalue weighted by Gasteiger charge is -2.12. The molecule has 204 valence electrons. The van der Waals surface area contributed by atoms with Crippen LogP contribution >= 0.6 is 0 Å². The Balaban J connectivity index is 1.26. The van der Waals surface area contributed by atoms with Gasteiger partial charge in [-0.15, -0.1) is 5.10 Å². The van der Waals surface area contributed by atoms with E-state index < -0.39 is 29.4 Å². The second kappa shape index (κ2) is 13.0. The molecule has 4 rings (SSSR count). The number of aryl methyl sites for hydroxylation is 1. The number of carbonyl (C=O) groups excluding carboxylic acids is 2. The molecule has 40 heavy (non-hydrogen) atoms. The maximum Gasteiger partial charge on any atom is 0.288 e. The fourth-order valence-electron chi connectivity index (χ4n) is 3.73. The van der Waals surface area contributed by atoms with Gasteiger partial charge in [0, 0.05) is 25.5 Å². The second-order valence-electron chi connectivity index (χ2n) is 8.81. The van der Waals surface area contributed by atoms with Gasteiger partial charge in [0.2, 0.25) is 11.7 Å². The van der Waals surface area contributed by atoms with E-state index in [-0.39, 0.29) is 49.6 Å². The van der Waals surface area contributed by atoms with E-state index in [1.165, 1.54) is 30.7 Å². The summed E-state index contributed by atoms with van der Waals surface area (Å²) in [6.45, 7) is -0.197. The normalized spacial score (nSPS) is 11.4. The fourth-order valence-corrected chi connectivity index (χ4v) is 3.73. The van der Waals surface area contributed by atoms with E-state index in [1.807, 2.05) is 12.1 Å². The molecule has 0 bridgehead atoms. The molecule has 3 heterocycles. The molecule has 0 saturated carbocycles. The third-order valence-electron chi connectivity index (χ3n) is 5.82. The number of hydrogen-bond donors (Lipinski definition) is 2. The number of carbonyl (C=O) groups is 2. The van der Waals surface area contributed by atoms with Gasteiger partial charge in [-0.3, -0.25) is 14.4 Å². The summed E-state index contributed by atoms with van der Waals surface area (Å²) in [4.78, 5) is 40.8. The molecule has 0 radical (unpaired) electrons. The quantitative estimate of drug-likeness (QED) is 0.294.